The Hall–Kier alpha value is -1.46. The Labute approximate surface area is 173 Å². The van der Waals surface area contributed by atoms with Crippen LogP contribution in [0.1, 0.15) is 78.6 Å². The molecule has 0 saturated carbocycles. The summed E-state index contributed by atoms with van der Waals surface area (Å²) in [4.78, 5) is 24.0. The highest BCUT2D eigenvalue weighted by Crippen LogP contribution is 2.16. The van der Waals surface area contributed by atoms with Crippen molar-refractivity contribution in [3.05, 3.63) is 11.6 Å². The Morgan fingerprint density at radius 2 is 1.45 bits per heavy atom. The molecule has 0 saturated heterocycles. The lowest BCUT2D eigenvalue weighted by molar-refractivity contribution is -0.140. The van der Waals surface area contributed by atoms with Crippen molar-refractivity contribution in [2.45, 2.75) is 84.0 Å². The Balaban J connectivity index is 4.93. The summed E-state index contributed by atoms with van der Waals surface area (Å²) in [6.07, 6.45) is 8.67. The van der Waals surface area contributed by atoms with Crippen molar-refractivity contribution in [1.82, 2.24) is 0 Å². The smallest absolute Gasteiger partial charge is 0.349 e. The minimum absolute atomic E-state index is 0.0718. The van der Waals surface area contributed by atoms with Gasteiger partial charge in [-0.1, -0.05) is 51.9 Å². The summed E-state index contributed by atoms with van der Waals surface area (Å²) in [5.74, 6) is -2.82. The van der Waals surface area contributed by atoms with Crippen LogP contribution in [0.15, 0.2) is 11.6 Å². The van der Waals surface area contributed by atoms with Gasteiger partial charge in [-0.2, -0.15) is 16.8 Å². The van der Waals surface area contributed by atoms with Gasteiger partial charge >= 0.3 is 32.2 Å². The average Bonchev–Trinajstić information content (AvgIpc) is 2.61. The van der Waals surface area contributed by atoms with E-state index >= 15 is 0 Å². The van der Waals surface area contributed by atoms with E-state index in [1.54, 1.807) is 0 Å². The largest absolute Gasteiger partial charge is 0.440 e. The van der Waals surface area contributed by atoms with E-state index in [-0.39, 0.29) is 12.0 Å². The second-order valence-electron chi connectivity index (χ2n) is 6.63. The van der Waals surface area contributed by atoms with Crippen LogP contribution in [0.3, 0.4) is 0 Å². The van der Waals surface area contributed by atoms with Crippen molar-refractivity contribution >= 4 is 32.2 Å². The van der Waals surface area contributed by atoms with E-state index in [2.05, 4.69) is 15.8 Å². The van der Waals surface area contributed by atoms with E-state index in [1.165, 1.54) is 19.8 Å². The van der Waals surface area contributed by atoms with Crippen LogP contribution in [0.5, 0.6) is 0 Å². The number of rotatable bonds is 15. The molecule has 0 aromatic heterocycles. The fraction of sp³-hybridized carbons (Fsp3) is 0.778. The van der Waals surface area contributed by atoms with Gasteiger partial charge in [0.1, 0.15) is 0 Å². The first kappa shape index (κ1) is 27.5. The van der Waals surface area contributed by atoms with Crippen LogP contribution in [-0.4, -0.2) is 44.5 Å². The number of esters is 1. The first-order chi connectivity index (χ1) is 13.4. The molecule has 1 unspecified atom stereocenters. The zero-order valence-electron chi connectivity index (χ0n) is 17.3. The quantitative estimate of drug-likeness (QED) is 0.129. The van der Waals surface area contributed by atoms with Crippen molar-refractivity contribution in [2.24, 2.45) is 0 Å². The van der Waals surface area contributed by atoms with Gasteiger partial charge in [0.2, 0.25) is 5.44 Å². The van der Waals surface area contributed by atoms with Gasteiger partial charge in [-0.05, 0) is 26.7 Å². The van der Waals surface area contributed by atoms with Gasteiger partial charge in [0.05, 0.1) is 5.75 Å². The second kappa shape index (κ2) is 13.7. The van der Waals surface area contributed by atoms with Crippen molar-refractivity contribution in [3.8, 4) is 0 Å². The molecular formula is C18H32O9S2. The van der Waals surface area contributed by atoms with Crippen LogP contribution >= 0.6 is 0 Å². The third-order valence-electron chi connectivity index (χ3n) is 4.11. The van der Waals surface area contributed by atoms with E-state index in [0.29, 0.717) is 12.5 Å². The topological polar surface area (TPSA) is 141 Å². The van der Waals surface area contributed by atoms with Gasteiger partial charge in [-0.15, -0.1) is 0 Å². The summed E-state index contributed by atoms with van der Waals surface area (Å²) < 4.78 is 62.7. The van der Waals surface area contributed by atoms with Gasteiger partial charge < -0.3 is 8.92 Å². The Morgan fingerprint density at radius 3 is 1.93 bits per heavy atom. The molecule has 0 aromatic carbocycles. The summed E-state index contributed by atoms with van der Waals surface area (Å²) in [7, 11) is -8.68. The Kier molecular flexibility index (Phi) is 13.0. The first-order valence-corrected chi connectivity index (χ1v) is 12.8. The van der Waals surface area contributed by atoms with E-state index < -0.39 is 43.4 Å². The Bertz CT molecular complexity index is 752. The van der Waals surface area contributed by atoms with Gasteiger partial charge in [-0.3, -0.25) is 4.55 Å². The predicted molar refractivity (Wildman–Crippen MR) is 108 cm³/mol. The standard InChI is InChI=1S/C18H32O9S2/c1-4-6-7-8-9-10-11-12-13-16(18(20)27-28(21,22)5-2)14-17(19)26-15(3)29(23,24)25/h14-15H,4-13H2,1-3H3,(H,23,24,25)/b16-14-. The molecule has 0 radical (unpaired) electrons. The van der Waals surface area contributed by atoms with Crippen LogP contribution in [0.2, 0.25) is 0 Å². The van der Waals surface area contributed by atoms with Crippen molar-refractivity contribution < 1.29 is 39.9 Å². The van der Waals surface area contributed by atoms with Crippen molar-refractivity contribution in [3.63, 3.8) is 0 Å². The fourth-order valence-electron chi connectivity index (χ4n) is 2.31. The molecule has 170 valence electrons. The van der Waals surface area contributed by atoms with Crippen LogP contribution in [0.4, 0.5) is 0 Å². The zero-order chi connectivity index (χ0) is 22.5. The van der Waals surface area contributed by atoms with Crippen LogP contribution in [0, 0.1) is 0 Å². The molecule has 11 heteroatoms. The predicted octanol–water partition coefficient (Wildman–Crippen LogP) is 3.11. The molecule has 0 amide bonds. The minimum Gasteiger partial charge on any atom is -0.440 e. The lowest BCUT2D eigenvalue weighted by Gasteiger charge is -2.10. The molecule has 0 rings (SSSR count). The van der Waals surface area contributed by atoms with Gasteiger partial charge in [-0.25, -0.2) is 9.59 Å². The van der Waals surface area contributed by atoms with E-state index in [0.717, 1.165) is 39.0 Å². The molecule has 0 bridgehead atoms. The summed E-state index contributed by atoms with van der Waals surface area (Å²) >= 11 is 0. The van der Waals surface area contributed by atoms with E-state index in [1.807, 2.05) is 0 Å². The third-order valence-corrected chi connectivity index (χ3v) is 6.16. The SMILES string of the molecule is CCCCCCCCCC/C(=C/C(=O)OC(C)S(=O)(=O)O)C(=O)OS(=O)(=O)CC. The summed E-state index contributed by atoms with van der Waals surface area (Å²) in [6, 6.07) is 0. The van der Waals surface area contributed by atoms with Crippen molar-refractivity contribution in [2.75, 3.05) is 5.75 Å². The van der Waals surface area contributed by atoms with Crippen molar-refractivity contribution in [1.29, 1.82) is 0 Å². The van der Waals surface area contributed by atoms with Gasteiger partial charge in [0.15, 0.2) is 0 Å². The molecule has 0 aliphatic carbocycles. The number of unbranched alkanes of at least 4 members (excludes halogenated alkanes) is 7. The Morgan fingerprint density at radius 1 is 0.931 bits per heavy atom. The maximum absolute atomic E-state index is 12.1. The fourth-order valence-corrected chi connectivity index (χ4v) is 2.98. The molecule has 0 aliphatic rings. The maximum Gasteiger partial charge on any atom is 0.349 e. The molecule has 0 aromatic rings. The monoisotopic (exact) mass is 456 g/mol. The summed E-state index contributed by atoms with van der Waals surface area (Å²) in [5.41, 5.74) is -2.06. The number of carbonyl (C=O) groups excluding carboxylic acids is 2. The molecule has 0 aliphatic heterocycles. The average molecular weight is 457 g/mol. The highest BCUT2D eigenvalue weighted by Gasteiger charge is 2.24. The van der Waals surface area contributed by atoms with Crippen LogP contribution in [0.25, 0.3) is 0 Å². The molecule has 0 heterocycles. The second-order valence-corrected chi connectivity index (χ2v) is 10.2. The lowest BCUT2D eigenvalue weighted by Crippen LogP contribution is -2.24. The first-order valence-electron chi connectivity index (χ1n) is 9.76. The van der Waals surface area contributed by atoms with E-state index in [4.69, 9.17) is 4.55 Å². The maximum atomic E-state index is 12.1. The summed E-state index contributed by atoms with van der Waals surface area (Å²) in [6.45, 7) is 4.37. The van der Waals surface area contributed by atoms with Gasteiger partial charge in [0, 0.05) is 11.6 Å². The highest BCUT2D eigenvalue weighted by molar-refractivity contribution is 7.87. The lowest BCUT2D eigenvalue weighted by atomic mass is 10.0. The molecule has 0 fully saturated rings. The number of carbonyl (C=O) groups is 2. The highest BCUT2D eigenvalue weighted by atomic mass is 32.2. The third kappa shape index (κ3) is 13.4. The zero-order valence-corrected chi connectivity index (χ0v) is 18.9. The number of hydrogen-bond acceptors (Lipinski definition) is 8. The summed E-state index contributed by atoms with van der Waals surface area (Å²) in [5, 5.41) is 0. The minimum atomic E-state index is -4.61. The van der Waals surface area contributed by atoms with Crippen LogP contribution < -0.4 is 0 Å². The molecule has 29 heavy (non-hydrogen) atoms. The van der Waals surface area contributed by atoms with E-state index in [9.17, 15) is 26.4 Å². The molecule has 1 N–H and O–H groups in total. The number of hydrogen-bond donors (Lipinski definition) is 1. The van der Waals surface area contributed by atoms with Crippen LogP contribution in [-0.2, 0) is 38.7 Å². The van der Waals surface area contributed by atoms with Gasteiger partial charge in [0.25, 0.3) is 0 Å². The molecule has 1 atom stereocenters. The molecule has 9 nitrogen and oxygen atoms in total. The number of ether oxygens (including phenoxy) is 1. The molecule has 0 spiro atoms. The molecular weight excluding hydrogens is 424 g/mol. The normalized spacial score (nSPS) is 13.7.